The van der Waals surface area contributed by atoms with Crippen LogP contribution in [0.15, 0.2) is 46.1 Å². The zero-order valence-electron chi connectivity index (χ0n) is 11.0. The molecule has 1 aromatic carbocycles. The van der Waals surface area contributed by atoms with E-state index in [1.165, 1.54) is 31.3 Å². The molecule has 1 amide bonds. The second-order valence-corrected chi connectivity index (χ2v) is 5.82. The van der Waals surface area contributed by atoms with Gasteiger partial charge in [-0.25, -0.2) is 18.2 Å². The Bertz CT molecular complexity index is 809. The summed E-state index contributed by atoms with van der Waals surface area (Å²) in [6.45, 7) is 0. The van der Waals surface area contributed by atoms with Gasteiger partial charge in [-0.15, -0.1) is 0 Å². The second kappa shape index (κ2) is 5.85. The Balaban J connectivity index is 2.34. The Labute approximate surface area is 120 Å². The first-order valence-corrected chi connectivity index (χ1v) is 7.32. The molecule has 0 saturated heterocycles. The zero-order valence-corrected chi connectivity index (χ0v) is 11.8. The molecular formula is C12H12N4O4S. The van der Waals surface area contributed by atoms with Crippen molar-refractivity contribution in [3.05, 3.63) is 52.4 Å². The SMILES string of the molecule is CNS(=O)(=O)c1ccccc1NC(=O)c1ccc(=O)[nH]n1. The molecule has 0 atom stereocenters. The number of aromatic amines is 1. The van der Waals surface area contributed by atoms with Crippen LogP contribution in [-0.4, -0.2) is 31.6 Å². The van der Waals surface area contributed by atoms with E-state index < -0.39 is 21.5 Å². The van der Waals surface area contributed by atoms with Gasteiger partial charge in [-0.3, -0.25) is 9.59 Å². The number of nitrogens with one attached hydrogen (secondary N) is 3. The number of nitrogens with zero attached hydrogens (tertiary/aromatic N) is 1. The minimum absolute atomic E-state index is 0.0359. The summed E-state index contributed by atoms with van der Waals surface area (Å²) < 4.78 is 25.9. The number of aromatic nitrogens is 2. The van der Waals surface area contributed by atoms with Crippen molar-refractivity contribution in [3.63, 3.8) is 0 Å². The first-order valence-electron chi connectivity index (χ1n) is 5.84. The van der Waals surface area contributed by atoms with E-state index in [0.29, 0.717) is 0 Å². The molecule has 1 aromatic heterocycles. The minimum Gasteiger partial charge on any atom is -0.319 e. The highest BCUT2D eigenvalue weighted by Crippen LogP contribution is 2.20. The molecule has 0 spiro atoms. The lowest BCUT2D eigenvalue weighted by atomic mass is 10.3. The Kier molecular flexibility index (Phi) is 4.15. The summed E-state index contributed by atoms with van der Waals surface area (Å²) in [7, 11) is -2.43. The third kappa shape index (κ3) is 3.33. The van der Waals surface area contributed by atoms with Gasteiger partial charge in [-0.05, 0) is 25.2 Å². The van der Waals surface area contributed by atoms with Gasteiger partial charge in [0.25, 0.3) is 11.5 Å². The molecule has 0 saturated carbocycles. The van der Waals surface area contributed by atoms with Gasteiger partial charge in [-0.1, -0.05) is 12.1 Å². The fraction of sp³-hybridized carbons (Fsp3) is 0.0833. The number of amides is 1. The van der Waals surface area contributed by atoms with Crippen LogP contribution in [0.2, 0.25) is 0 Å². The molecule has 1 heterocycles. The molecule has 0 bridgehead atoms. The van der Waals surface area contributed by atoms with Gasteiger partial charge in [0.2, 0.25) is 10.0 Å². The van der Waals surface area contributed by atoms with E-state index in [1.807, 2.05) is 0 Å². The van der Waals surface area contributed by atoms with Crippen LogP contribution in [0.4, 0.5) is 5.69 Å². The molecular weight excluding hydrogens is 296 g/mol. The fourth-order valence-electron chi connectivity index (χ4n) is 1.57. The lowest BCUT2D eigenvalue weighted by molar-refractivity contribution is 0.102. The van der Waals surface area contributed by atoms with Crippen molar-refractivity contribution in [1.82, 2.24) is 14.9 Å². The first kappa shape index (κ1) is 14.9. The molecule has 2 rings (SSSR count). The van der Waals surface area contributed by atoms with Crippen molar-refractivity contribution in [3.8, 4) is 0 Å². The molecule has 21 heavy (non-hydrogen) atoms. The number of para-hydroxylation sites is 1. The maximum Gasteiger partial charge on any atom is 0.276 e. The van der Waals surface area contributed by atoms with Crippen LogP contribution in [0.25, 0.3) is 0 Å². The fourth-order valence-corrected chi connectivity index (χ4v) is 2.46. The number of hydrogen-bond donors (Lipinski definition) is 3. The number of carbonyl (C=O) groups excluding carboxylic acids is 1. The molecule has 0 aliphatic heterocycles. The van der Waals surface area contributed by atoms with Crippen molar-refractivity contribution in [1.29, 1.82) is 0 Å². The molecule has 0 aliphatic rings. The standard InChI is InChI=1S/C12H12N4O4S/c1-13-21(19,20)10-5-3-2-4-8(10)14-12(18)9-6-7-11(17)16-15-9/h2-7,13H,1H3,(H,14,18)(H,16,17). The Morgan fingerprint density at radius 1 is 1.19 bits per heavy atom. The van der Waals surface area contributed by atoms with E-state index in [0.717, 1.165) is 6.07 Å². The van der Waals surface area contributed by atoms with E-state index in [4.69, 9.17) is 0 Å². The quantitative estimate of drug-likeness (QED) is 0.730. The van der Waals surface area contributed by atoms with E-state index in [2.05, 4.69) is 20.2 Å². The zero-order chi connectivity index (χ0) is 15.5. The maximum atomic E-state index is 12.0. The van der Waals surface area contributed by atoms with Crippen LogP contribution in [-0.2, 0) is 10.0 Å². The normalized spacial score (nSPS) is 11.1. The monoisotopic (exact) mass is 308 g/mol. The average Bonchev–Trinajstić information content (AvgIpc) is 2.48. The number of carbonyl (C=O) groups is 1. The van der Waals surface area contributed by atoms with Crippen LogP contribution >= 0.6 is 0 Å². The third-order valence-electron chi connectivity index (χ3n) is 2.61. The van der Waals surface area contributed by atoms with E-state index in [1.54, 1.807) is 6.07 Å². The minimum atomic E-state index is -3.71. The summed E-state index contributed by atoms with van der Waals surface area (Å²) >= 11 is 0. The van der Waals surface area contributed by atoms with Crippen LogP contribution in [0.1, 0.15) is 10.5 Å². The predicted molar refractivity (Wildman–Crippen MR) is 75.5 cm³/mol. The highest BCUT2D eigenvalue weighted by atomic mass is 32.2. The van der Waals surface area contributed by atoms with Crippen LogP contribution in [0.3, 0.4) is 0 Å². The van der Waals surface area contributed by atoms with Gasteiger partial charge in [0.15, 0.2) is 0 Å². The van der Waals surface area contributed by atoms with Crippen molar-refractivity contribution < 1.29 is 13.2 Å². The smallest absolute Gasteiger partial charge is 0.276 e. The van der Waals surface area contributed by atoms with Crippen LogP contribution in [0, 0.1) is 0 Å². The van der Waals surface area contributed by atoms with Gasteiger partial charge in [0.1, 0.15) is 10.6 Å². The summed E-state index contributed by atoms with van der Waals surface area (Å²) in [5.41, 5.74) is -0.360. The van der Waals surface area contributed by atoms with Gasteiger partial charge >= 0.3 is 0 Å². The van der Waals surface area contributed by atoms with Gasteiger partial charge < -0.3 is 5.32 Å². The summed E-state index contributed by atoms with van der Waals surface area (Å²) in [6, 6.07) is 8.33. The Hall–Kier alpha value is -2.52. The first-order chi connectivity index (χ1) is 9.94. The molecule has 110 valence electrons. The summed E-state index contributed by atoms with van der Waals surface area (Å²) in [5, 5.41) is 8.14. The number of hydrogen-bond acceptors (Lipinski definition) is 5. The van der Waals surface area contributed by atoms with Crippen molar-refractivity contribution >= 4 is 21.6 Å². The maximum absolute atomic E-state index is 12.0. The summed E-state index contributed by atoms with van der Waals surface area (Å²) in [6.07, 6.45) is 0. The predicted octanol–water partition coefficient (Wildman–Crippen LogP) is -0.0697. The second-order valence-electron chi connectivity index (χ2n) is 3.96. The van der Waals surface area contributed by atoms with Crippen molar-refractivity contribution in [2.75, 3.05) is 12.4 Å². The molecule has 0 radical (unpaired) electrons. The molecule has 9 heteroatoms. The largest absolute Gasteiger partial charge is 0.319 e. The highest BCUT2D eigenvalue weighted by molar-refractivity contribution is 7.89. The number of sulfonamides is 1. The summed E-state index contributed by atoms with van der Waals surface area (Å²) in [5.74, 6) is -0.634. The van der Waals surface area contributed by atoms with Crippen LogP contribution < -0.4 is 15.6 Å². The number of H-pyrrole nitrogens is 1. The Morgan fingerprint density at radius 2 is 1.90 bits per heavy atom. The molecule has 3 N–H and O–H groups in total. The van der Waals surface area contributed by atoms with E-state index in [-0.39, 0.29) is 16.3 Å². The lowest BCUT2D eigenvalue weighted by Gasteiger charge is -2.10. The topological polar surface area (TPSA) is 121 Å². The molecule has 0 unspecified atom stereocenters. The van der Waals surface area contributed by atoms with Crippen molar-refractivity contribution in [2.45, 2.75) is 4.90 Å². The van der Waals surface area contributed by atoms with E-state index >= 15 is 0 Å². The van der Waals surface area contributed by atoms with Crippen molar-refractivity contribution in [2.24, 2.45) is 0 Å². The van der Waals surface area contributed by atoms with Crippen LogP contribution in [0.5, 0.6) is 0 Å². The van der Waals surface area contributed by atoms with Gasteiger partial charge in [-0.2, -0.15) is 5.10 Å². The molecule has 2 aromatic rings. The average molecular weight is 308 g/mol. The highest BCUT2D eigenvalue weighted by Gasteiger charge is 2.18. The Morgan fingerprint density at radius 3 is 2.52 bits per heavy atom. The molecule has 0 fully saturated rings. The van der Waals surface area contributed by atoms with Gasteiger partial charge in [0, 0.05) is 6.07 Å². The molecule has 8 nitrogen and oxygen atoms in total. The summed E-state index contributed by atoms with van der Waals surface area (Å²) in [4.78, 5) is 22.8. The van der Waals surface area contributed by atoms with Gasteiger partial charge in [0.05, 0.1) is 5.69 Å². The number of anilines is 1. The number of benzene rings is 1. The third-order valence-corrected chi connectivity index (χ3v) is 4.08. The number of rotatable bonds is 4. The van der Waals surface area contributed by atoms with E-state index in [9.17, 15) is 18.0 Å². The molecule has 0 aliphatic carbocycles. The lowest BCUT2D eigenvalue weighted by Crippen LogP contribution is -2.22.